The first-order valence-electron chi connectivity index (χ1n) is 5.91. The number of hydrogen-bond acceptors (Lipinski definition) is 3. The van der Waals surface area contributed by atoms with Gasteiger partial charge >= 0.3 is 0 Å². The molecule has 16 heavy (non-hydrogen) atoms. The lowest BCUT2D eigenvalue weighted by Gasteiger charge is -2.13. The van der Waals surface area contributed by atoms with Crippen LogP contribution >= 0.6 is 0 Å². The monoisotopic (exact) mass is 224 g/mol. The second-order valence-electron chi connectivity index (χ2n) is 4.98. The average molecular weight is 224 g/mol. The van der Waals surface area contributed by atoms with E-state index in [1.54, 1.807) is 0 Å². The second-order valence-corrected chi connectivity index (χ2v) is 4.98. The van der Waals surface area contributed by atoms with Gasteiger partial charge < -0.3 is 14.8 Å². The number of nitrogens with one attached hydrogen (secondary N) is 1. The van der Waals surface area contributed by atoms with E-state index in [0.29, 0.717) is 5.92 Å². The lowest BCUT2D eigenvalue weighted by Crippen LogP contribution is -2.20. The molecule has 0 radical (unpaired) electrons. The molecule has 0 aromatic carbocycles. The molecule has 1 rings (SSSR count). The van der Waals surface area contributed by atoms with Crippen molar-refractivity contribution in [2.45, 2.75) is 27.3 Å². The third-order valence-electron chi connectivity index (χ3n) is 2.35. The number of nitrogens with zero attached hydrogens (tertiary/aromatic N) is 3. The fraction of sp³-hybridized carbons (Fsp3) is 0.750. The number of aromatic nitrogens is 2. The van der Waals surface area contributed by atoms with E-state index in [2.05, 4.69) is 53.9 Å². The minimum atomic E-state index is 0.638. The Hall–Kier alpha value is -1.03. The highest BCUT2D eigenvalue weighted by molar-refractivity contribution is 5.28. The van der Waals surface area contributed by atoms with Crippen molar-refractivity contribution in [3.05, 3.63) is 11.9 Å². The van der Waals surface area contributed by atoms with Crippen LogP contribution in [0.4, 0.5) is 5.95 Å². The Kier molecular flexibility index (Phi) is 4.80. The summed E-state index contributed by atoms with van der Waals surface area (Å²) < 4.78 is 2.19. The Balaban J connectivity index is 2.60. The van der Waals surface area contributed by atoms with Crippen LogP contribution in [0, 0.1) is 12.8 Å². The summed E-state index contributed by atoms with van der Waals surface area (Å²) in [5.74, 6) is 1.63. The molecule has 1 aromatic heterocycles. The largest absolute Gasteiger partial charge is 0.355 e. The molecule has 0 atom stereocenters. The van der Waals surface area contributed by atoms with E-state index in [1.807, 2.05) is 6.92 Å². The van der Waals surface area contributed by atoms with Gasteiger partial charge in [-0.1, -0.05) is 13.8 Å². The first-order valence-corrected chi connectivity index (χ1v) is 5.91. The summed E-state index contributed by atoms with van der Waals surface area (Å²) in [6, 6.07) is 0. The van der Waals surface area contributed by atoms with E-state index in [0.717, 1.165) is 31.3 Å². The second kappa shape index (κ2) is 5.89. The molecule has 0 spiro atoms. The number of likely N-dealkylation sites (N-methyl/N-ethyl adjacent to an activating group) is 1. The molecule has 0 saturated carbocycles. The van der Waals surface area contributed by atoms with Gasteiger partial charge in [0.05, 0.1) is 5.69 Å². The highest BCUT2D eigenvalue weighted by Crippen LogP contribution is 2.09. The van der Waals surface area contributed by atoms with Gasteiger partial charge in [0.15, 0.2) is 0 Å². The summed E-state index contributed by atoms with van der Waals surface area (Å²) >= 11 is 0. The van der Waals surface area contributed by atoms with Crippen molar-refractivity contribution >= 4 is 5.95 Å². The van der Waals surface area contributed by atoms with E-state index < -0.39 is 0 Å². The van der Waals surface area contributed by atoms with E-state index >= 15 is 0 Å². The average Bonchev–Trinajstić information content (AvgIpc) is 2.52. The first kappa shape index (κ1) is 13.0. The minimum absolute atomic E-state index is 0.638. The summed E-state index contributed by atoms with van der Waals surface area (Å²) in [6.07, 6.45) is 2.10. The molecule has 0 saturated heterocycles. The van der Waals surface area contributed by atoms with Crippen LogP contribution < -0.4 is 5.32 Å². The zero-order chi connectivity index (χ0) is 12.1. The molecule has 0 bridgehead atoms. The fourth-order valence-electron chi connectivity index (χ4n) is 1.46. The maximum absolute atomic E-state index is 4.49. The third-order valence-corrected chi connectivity index (χ3v) is 2.35. The van der Waals surface area contributed by atoms with Crippen molar-refractivity contribution in [1.82, 2.24) is 14.5 Å². The molecule has 0 aliphatic carbocycles. The van der Waals surface area contributed by atoms with Crippen LogP contribution in [0.3, 0.4) is 0 Å². The van der Waals surface area contributed by atoms with Gasteiger partial charge in [0.2, 0.25) is 5.95 Å². The maximum atomic E-state index is 4.49. The molecule has 4 heteroatoms. The fourth-order valence-corrected chi connectivity index (χ4v) is 1.46. The standard InChI is InChI=1S/C12H24N4/c1-10(2)8-13-12-14-11(3)9-16(12)7-6-15(4)5/h9-10H,6-8H2,1-5H3,(H,13,14). The predicted molar refractivity (Wildman–Crippen MR) is 68.8 cm³/mol. The molecular formula is C12H24N4. The molecule has 0 aliphatic heterocycles. The van der Waals surface area contributed by atoms with Crippen LogP contribution in [0.2, 0.25) is 0 Å². The Labute approximate surface area is 98.7 Å². The molecule has 1 N–H and O–H groups in total. The number of rotatable bonds is 6. The highest BCUT2D eigenvalue weighted by atomic mass is 15.2. The van der Waals surface area contributed by atoms with Gasteiger partial charge in [0.25, 0.3) is 0 Å². The molecule has 1 heterocycles. The van der Waals surface area contributed by atoms with E-state index in [9.17, 15) is 0 Å². The summed E-state index contributed by atoms with van der Waals surface area (Å²) in [5.41, 5.74) is 1.07. The van der Waals surface area contributed by atoms with Gasteiger partial charge in [-0.05, 0) is 26.9 Å². The lowest BCUT2D eigenvalue weighted by atomic mass is 10.2. The minimum Gasteiger partial charge on any atom is -0.355 e. The van der Waals surface area contributed by atoms with Gasteiger partial charge in [-0.15, -0.1) is 0 Å². The number of imidazole rings is 1. The Morgan fingerprint density at radius 2 is 2.12 bits per heavy atom. The van der Waals surface area contributed by atoms with Gasteiger partial charge in [-0.25, -0.2) is 4.98 Å². The third kappa shape index (κ3) is 4.23. The van der Waals surface area contributed by atoms with Gasteiger partial charge in [-0.3, -0.25) is 0 Å². The van der Waals surface area contributed by atoms with Crippen molar-refractivity contribution in [2.24, 2.45) is 5.92 Å². The quantitative estimate of drug-likeness (QED) is 0.800. The van der Waals surface area contributed by atoms with Crippen molar-refractivity contribution in [3.8, 4) is 0 Å². The Morgan fingerprint density at radius 3 is 2.69 bits per heavy atom. The van der Waals surface area contributed by atoms with Crippen LogP contribution in [-0.4, -0.2) is 41.6 Å². The van der Waals surface area contributed by atoms with Crippen LogP contribution in [0.15, 0.2) is 6.20 Å². The first-order chi connectivity index (χ1) is 7.49. The zero-order valence-corrected chi connectivity index (χ0v) is 11.1. The summed E-state index contributed by atoms with van der Waals surface area (Å²) in [4.78, 5) is 6.68. The van der Waals surface area contributed by atoms with Crippen LogP contribution in [0.1, 0.15) is 19.5 Å². The van der Waals surface area contributed by atoms with Gasteiger partial charge in [-0.2, -0.15) is 0 Å². The van der Waals surface area contributed by atoms with Crippen molar-refractivity contribution < 1.29 is 0 Å². The van der Waals surface area contributed by atoms with Crippen molar-refractivity contribution in [1.29, 1.82) is 0 Å². The Morgan fingerprint density at radius 1 is 1.44 bits per heavy atom. The Bertz CT molecular complexity index is 285. The molecule has 4 nitrogen and oxygen atoms in total. The van der Waals surface area contributed by atoms with E-state index in [-0.39, 0.29) is 0 Å². The molecule has 0 unspecified atom stereocenters. The molecule has 0 amide bonds. The summed E-state index contributed by atoms with van der Waals surface area (Å²) in [7, 11) is 4.18. The van der Waals surface area contributed by atoms with Crippen LogP contribution in [0.5, 0.6) is 0 Å². The van der Waals surface area contributed by atoms with E-state index in [4.69, 9.17) is 0 Å². The lowest BCUT2D eigenvalue weighted by molar-refractivity contribution is 0.384. The van der Waals surface area contributed by atoms with Crippen molar-refractivity contribution in [3.63, 3.8) is 0 Å². The molecule has 92 valence electrons. The topological polar surface area (TPSA) is 33.1 Å². The SMILES string of the molecule is Cc1cn(CCN(C)C)c(NCC(C)C)n1. The molecule has 1 aromatic rings. The maximum Gasteiger partial charge on any atom is 0.203 e. The molecule has 0 aliphatic rings. The van der Waals surface area contributed by atoms with Gasteiger partial charge in [0, 0.05) is 25.8 Å². The normalized spacial score (nSPS) is 11.4. The van der Waals surface area contributed by atoms with Gasteiger partial charge in [0.1, 0.15) is 0 Å². The predicted octanol–water partition coefficient (Wildman–Crippen LogP) is 1.82. The number of anilines is 1. The van der Waals surface area contributed by atoms with Crippen LogP contribution in [-0.2, 0) is 6.54 Å². The van der Waals surface area contributed by atoms with Crippen LogP contribution in [0.25, 0.3) is 0 Å². The van der Waals surface area contributed by atoms with Crippen molar-refractivity contribution in [2.75, 3.05) is 32.5 Å². The van der Waals surface area contributed by atoms with E-state index in [1.165, 1.54) is 0 Å². The number of aryl methyl sites for hydroxylation is 1. The summed E-state index contributed by atoms with van der Waals surface area (Å²) in [6.45, 7) is 9.42. The number of hydrogen-bond donors (Lipinski definition) is 1. The summed E-state index contributed by atoms with van der Waals surface area (Å²) in [5, 5.41) is 3.39. The smallest absolute Gasteiger partial charge is 0.203 e. The molecule has 0 fully saturated rings. The molecular weight excluding hydrogens is 200 g/mol. The zero-order valence-electron chi connectivity index (χ0n) is 11.1. The highest BCUT2D eigenvalue weighted by Gasteiger charge is 2.05.